The van der Waals surface area contributed by atoms with Crippen molar-refractivity contribution in [1.82, 2.24) is 0 Å². The van der Waals surface area contributed by atoms with Crippen LogP contribution in [-0.4, -0.2) is 41.0 Å². The van der Waals surface area contributed by atoms with Crippen LogP contribution in [0.25, 0.3) is 0 Å². The third-order valence-corrected chi connectivity index (χ3v) is 10.7. The van der Waals surface area contributed by atoms with Crippen molar-refractivity contribution in [1.29, 1.82) is 0 Å². The fourth-order valence-electron chi connectivity index (χ4n) is 6.73. The molecule has 0 heterocycles. The zero-order valence-corrected chi connectivity index (χ0v) is 36.7. The van der Waals surface area contributed by atoms with Crippen LogP contribution in [0.5, 0.6) is 0 Å². The standard InChI is InChI=1S/C46H87O8P/c1-3-5-7-9-11-13-15-17-19-20-21-22-23-24-25-26-27-29-30-32-34-36-38-40-45(47)52-42-44(43-53-55(49,50)51)54-46(48)41-39-37-35-33-31-28-18-16-14-12-10-8-6-4-2/h16,18,32,34,44H,3-15,17,19-31,33,35-43H2,1-2H3,(H2,49,50,51)/b18-16+,34-32+/t44-/m1/s1. The molecular weight excluding hydrogens is 711 g/mol. The van der Waals surface area contributed by atoms with Gasteiger partial charge < -0.3 is 19.3 Å². The minimum absolute atomic E-state index is 0.199. The highest BCUT2D eigenvalue weighted by molar-refractivity contribution is 7.46. The van der Waals surface area contributed by atoms with E-state index in [-0.39, 0.29) is 19.4 Å². The molecule has 0 aromatic carbocycles. The Balaban J connectivity index is 3.84. The molecule has 1 atom stereocenters. The van der Waals surface area contributed by atoms with Crippen LogP contribution in [0.2, 0.25) is 0 Å². The number of ether oxygens (including phenoxy) is 2. The summed E-state index contributed by atoms with van der Waals surface area (Å²) in [4.78, 5) is 42.9. The Labute approximate surface area is 339 Å². The van der Waals surface area contributed by atoms with Gasteiger partial charge in [0.15, 0.2) is 6.10 Å². The van der Waals surface area contributed by atoms with E-state index in [1.807, 2.05) is 0 Å². The molecule has 0 aliphatic heterocycles. The Morgan fingerprint density at radius 2 is 0.782 bits per heavy atom. The maximum Gasteiger partial charge on any atom is 0.469 e. The number of phosphoric acid groups is 1. The van der Waals surface area contributed by atoms with Gasteiger partial charge in [-0.1, -0.05) is 192 Å². The van der Waals surface area contributed by atoms with Gasteiger partial charge >= 0.3 is 19.8 Å². The van der Waals surface area contributed by atoms with Crippen LogP contribution in [0.15, 0.2) is 24.3 Å². The first-order chi connectivity index (χ1) is 26.8. The van der Waals surface area contributed by atoms with Crippen LogP contribution in [0.1, 0.15) is 239 Å². The Morgan fingerprint density at radius 3 is 1.16 bits per heavy atom. The number of rotatable bonds is 43. The fourth-order valence-corrected chi connectivity index (χ4v) is 7.09. The zero-order valence-electron chi connectivity index (χ0n) is 35.8. The van der Waals surface area contributed by atoms with Gasteiger partial charge in [0.2, 0.25) is 0 Å². The SMILES string of the molecule is CCCCCCC/C=C/CCCCCCCC(=O)O[C@H](COC(=O)CCC/C=C/CCCCCCCCCCCCCCCCCCCC)COP(=O)(O)O. The summed E-state index contributed by atoms with van der Waals surface area (Å²) in [6.07, 6.45) is 49.2. The number of allylic oxidation sites excluding steroid dienone is 4. The number of esters is 2. The second kappa shape index (κ2) is 42.1. The van der Waals surface area contributed by atoms with Gasteiger partial charge in [0.25, 0.3) is 0 Å². The first kappa shape index (κ1) is 53.5. The van der Waals surface area contributed by atoms with E-state index >= 15 is 0 Å². The van der Waals surface area contributed by atoms with Crippen molar-refractivity contribution in [2.45, 2.75) is 245 Å². The molecule has 0 aliphatic carbocycles. The highest BCUT2D eigenvalue weighted by Crippen LogP contribution is 2.36. The number of carbonyl (C=O) groups is 2. The summed E-state index contributed by atoms with van der Waals surface area (Å²) in [5.41, 5.74) is 0. The lowest BCUT2D eigenvalue weighted by molar-refractivity contribution is -0.161. The van der Waals surface area contributed by atoms with E-state index in [4.69, 9.17) is 19.3 Å². The second-order valence-corrected chi connectivity index (χ2v) is 17.0. The smallest absolute Gasteiger partial charge is 0.462 e. The highest BCUT2D eigenvalue weighted by atomic mass is 31.2. The lowest BCUT2D eigenvalue weighted by Crippen LogP contribution is -2.29. The van der Waals surface area contributed by atoms with E-state index in [2.05, 4.69) is 42.7 Å². The molecule has 0 radical (unpaired) electrons. The van der Waals surface area contributed by atoms with Crippen molar-refractivity contribution in [3.8, 4) is 0 Å². The van der Waals surface area contributed by atoms with Crippen LogP contribution in [0.3, 0.4) is 0 Å². The topological polar surface area (TPSA) is 119 Å². The predicted octanol–water partition coefficient (Wildman–Crippen LogP) is 14.4. The molecule has 55 heavy (non-hydrogen) atoms. The van der Waals surface area contributed by atoms with E-state index in [1.165, 1.54) is 154 Å². The number of unbranched alkanes of at least 4 members (excludes halogenated alkanes) is 29. The molecule has 0 spiro atoms. The third-order valence-electron chi connectivity index (χ3n) is 10.2. The molecule has 0 aromatic heterocycles. The van der Waals surface area contributed by atoms with E-state index < -0.39 is 32.5 Å². The summed E-state index contributed by atoms with van der Waals surface area (Å²) >= 11 is 0. The molecule has 2 N–H and O–H groups in total. The molecule has 0 amide bonds. The summed E-state index contributed by atoms with van der Waals surface area (Å²) < 4.78 is 26.4. The highest BCUT2D eigenvalue weighted by Gasteiger charge is 2.22. The first-order valence-electron chi connectivity index (χ1n) is 23.1. The largest absolute Gasteiger partial charge is 0.469 e. The van der Waals surface area contributed by atoms with Crippen molar-refractivity contribution >= 4 is 19.8 Å². The zero-order chi connectivity index (χ0) is 40.3. The van der Waals surface area contributed by atoms with Crippen LogP contribution in [0, 0.1) is 0 Å². The molecule has 0 aromatic rings. The molecule has 0 saturated heterocycles. The number of phosphoric ester groups is 1. The Bertz CT molecular complexity index is 946. The van der Waals surface area contributed by atoms with Gasteiger partial charge in [0.1, 0.15) is 6.61 Å². The van der Waals surface area contributed by atoms with Gasteiger partial charge in [-0.25, -0.2) is 4.57 Å². The van der Waals surface area contributed by atoms with E-state index in [1.54, 1.807) is 0 Å². The average Bonchev–Trinajstić information content (AvgIpc) is 3.16. The normalized spacial score (nSPS) is 12.6. The van der Waals surface area contributed by atoms with Crippen LogP contribution >= 0.6 is 7.82 Å². The monoisotopic (exact) mass is 799 g/mol. The number of carbonyl (C=O) groups excluding carboxylic acids is 2. The van der Waals surface area contributed by atoms with Crippen molar-refractivity contribution < 1.29 is 37.9 Å². The van der Waals surface area contributed by atoms with Gasteiger partial charge in [0, 0.05) is 12.8 Å². The summed E-state index contributed by atoms with van der Waals surface area (Å²) in [5, 5.41) is 0. The predicted molar refractivity (Wildman–Crippen MR) is 230 cm³/mol. The lowest BCUT2D eigenvalue weighted by atomic mass is 10.0. The summed E-state index contributed by atoms with van der Waals surface area (Å²) in [7, 11) is -4.76. The molecule has 0 fully saturated rings. The molecule has 8 nitrogen and oxygen atoms in total. The number of hydrogen-bond acceptors (Lipinski definition) is 6. The minimum Gasteiger partial charge on any atom is -0.462 e. The van der Waals surface area contributed by atoms with Gasteiger partial charge in [0.05, 0.1) is 6.61 Å². The summed E-state index contributed by atoms with van der Waals surface area (Å²) in [6.45, 7) is 3.67. The first-order valence-corrected chi connectivity index (χ1v) is 24.7. The summed E-state index contributed by atoms with van der Waals surface area (Å²) in [5.74, 6) is -0.923. The van der Waals surface area contributed by atoms with Gasteiger partial charge in [-0.05, 0) is 57.8 Å². The van der Waals surface area contributed by atoms with Gasteiger partial charge in [-0.15, -0.1) is 0 Å². The Morgan fingerprint density at radius 1 is 0.455 bits per heavy atom. The van der Waals surface area contributed by atoms with Crippen molar-refractivity contribution in [3.05, 3.63) is 24.3 Å². The minimum atomic E-state index is -4.76. The van der Waals surface area contributed by atoms with Crippen LogP contribution < -0.4 is 0 Å². The molecule has 0 saturated carbocycles. The Kier molecular flexibility index (Phi) is 41.0. The van der Waals surface area contributed by atoms with Gasteiger partial charge in [-0.2, -0.15) is 0 Å². The molecule has 0 aliphatic rings. The lowest BCUT2D eigenvalue weighted by Gasteiger charge is -2.18. The van der Waals surface area contributed by atoms with Crippen LogP contribution in [-0.2, 0) is 28.2 Å². The van der Waals surface area contributed by atoms with Crippen molar-refractivity contribution in [3.63, 3.8) is 0 Å². The van der Waals surface area contributed by atoms with E-state index in [9.17, 15) is 14.2 Å². The molecule has 0 rings (SSSR count). The molecular formula is C46H87O8P. The maximum atomic E-state index is 12.4. The molecule has 0 bridgehead atoms. The molecule has 324 valence electrons. The van der Waals surface area contributed by atoms with Crippen LogP contribution in [0.4, 0.5) is 0 Å². The van der Waals surface area contributed by atoms with Crippen molar-refractivity contribution in [2.75, 3.05) is 13.2 Å². The third kappa shape index (κ3) is 45.1. The Hall–Kier alpha value is -1.47. The van der Waals surface area contributed by atoms with Crippen molar-refractivity contribution in [2.24, 2.45) is 0 Å². The number of hydrogen-bond donors (Lipinski definition) is 2. The fraction of sp³-hybridized carbons (Fsp3) is 0.870. The molecule has 0 unspecified atom stereocenters. The maximum absolute atomic E-state index is 12.4. The average molecular weight is 799 g/mol. The second-order valence-electron chi connectivity index (χ2n) is 15.7. The van der Waals surface area contributed by atoms with E-state index in [0.717, 1.165) is 44.9 Å². The van der Waals surface area contributed by atoms with Gasteiger partial charge in [-0.3, -0.25) is 14.1 Å². The molecule has 9 heteroatoms. The summed E-state index contributed by atoms with van der Waals surface area (Å²) in [6, 6.07) is 0. The quantitative estimate of drug-likeness (QED) is 0.0271. The van der Waals surface area contributed by atoms with E-state index in [0.29, 0.717) is 12.8 Å².